The number of benzene rings is 3. The predicted octanol–water partition coefficient (Wildman–Crippen LogP) is 4.45. The number of nitrogens with one attached hydrogen (secondary N) is 2. The van der Waals surface area contributed by atoms with Crippen molar-refractivity contribution >= 4 is 29.1 Å². The van der Waals surface area contributed by atoms with Crippen molar-refractivity contribution in [2.45, 2.75) is 33.2 Å². The monoisotopic (exact) mass is 482 g/mol. The molecule has 0 heterocycles. The Morgan fingerprint density at radius 2 is 1.69 bits per heavy atom. The molecule has 0 fully saturated rings. The molecule has 3 aromatic carbocycles. The SMILES string of the molecule is Cc1cc(N(Cc2ccccc2)C(=O)CCC(=O)O)c(C)cc1C#CCNc1ccc(C(=N)N)cc1. The van der Waals surface area contributed by atoms with Gasteiger partial charge in [-0.25, -0.2) is 0 Å². The van der Waals surface area contributed by atoms with Crippen LogP contribution in [0, 0.1) is 31.1 Å². The minimum absolute atomic E-state index is 0.0292. The number of carboxylic acid groups (broad SMARTS) is 1. The number of aryl methyl sites for hydroxylation is 2. The van der Waals surface area contributed by atoms with Gasteiger partial charge in [-0.05, 0) is 66.9 Å². The van der Waals surface area contributed by atoms with Gasteiger partial charge in [-0.3, -0.25) is 15.0 Å². The number of hydrogen-bond donors (Lipinski definition) is 4. The van der Waals surface area contributed by atoms with Crippen molar-refractivity contribution in [1.29, 1.82) is 5.41 Å². The Kier molecular flexibility index (Phi) is 8.84. The van der Waals surface area contributed by atoms with Gasteiger partial charge in [0.2, 0.25) is 5.91 Å². The van der Waals surface area contributed by atoms with Gasteiger partial charge in [-0.15, -0.1) is 0 Å². The van der Waals surface area contributed by atoms with Crippen LogP contribution in [0.2, 0.25) is 0 Å². The van der Waals surface area contributed by atoms with Crippen molar-refractivity contribution in [2.24, 2.45) is 5.73 Å². The molecule has 5 N–H and O–H groups in total. The number of rotatable bonds is 9. The lowest BCUT2D eigenvalue weighted by Gasteiger charge is -2.25. The average Bonchev–Trinajstić information content (AvgIpc) is 2.86. The van der Waals surface area contributed by atoms with E-state index in [1.165, 1.54) is 0 Å². The Morgan fingerprint density at radius 3 is 2.33 bits per heavy atom. The van der Waals surface area contributed by atoms with Gasteiger partial charge >= 0.3 is 5.97 Å². The maximum Gasteiger partial charge on any atom is 0.303 e. The molecule has 1 amide bonds. The molecule has 3 rings (SSSR count). The molecule has 0 bridgehead atoms. The predicted molar refractivity (Wildman–Crippen MR) is 143 cm³/mol. The molecule has 36 heavy (non-hydrogen) atoms. The van der Waals surface area contributed by atoms with E-state index in [2.05, 4.69) is 17.2 Å². The maximum atomic E-state index is 13.0. The molecule has 184 valence electrons. The third-order valence-corrected chi connectivity index (χ3v) is 5.67. The quantitative estimate of drug-likeness (QED) is 0.204. The first-order valence-corrected chi connectivity index (χ1v) is 11.6. The number of nitrogens with two attached hydrogens (primary N) is 1. The number of carboxylic acids is 1. The van der Waals surface area contributed by atoms with Gasteiger partial charge in [0.05, 0.1) is 19.5 Å². The number of amides is 1. The Bertz CT molecular complexity index is 1310. The van der Waals surface area contributed by atoms with Crippen LogP contribution in [0.15, 0.2) is 66.7 Å². The number of carbonyl (C=O) groups is 2. The number of anilines is 2. The first kappa shape index (κ1) is 26.0. The molecule has 0 atom stereocenters. The maximum absolute atomic E-state index is 13.0. The van der Waals surface area contributed by atoms with E-state index >= 15 is 0 Å². The summed E-state index contributed by atoms with van der Waals surface area (Å²) >= 11 is 0. The van der Waals surface area contributed by atoms with Gasteiger partial charge in [0.15, 0.2) is 0 Å². The largest absolute Gasteiger partial charge is 0.481 e. The lowest BCUT2D eigenvalue weighted by Crippen LogP contribution is -2.31. The Labute approximate surface area is 211 Å². The second-order valence-corrected chi connectivity index (χ2v) is 8.46. The summed E-state index contributed by atoms with van der Waals surface area (Å²) in [5, 5.41) is 19.7. The lowest BCUT2D eigenvalue weighted by molar-refractivity contribution is -0.138. The number of amidine groups is 1. The third-order valence-electron chi connectivity index (χ3n) is 5.67. The van der Waals surface area contributed by atoms with Crippen LogP contribution in [0.1, 0.15) is 40.7 Å². The molecular weight excluding hydrogens is 452 g/mol. The lowest BCUT2D eigenvalue weighted by atomic mass is 10.0. The fourth-order valence-electron chi connectivity index (χ4n) is 3.70. The van der Waals surface area contributed by atoms with Crippen LogP contribution in [0.5, 0.6) is 0 Å². The molecular formula is C29H30N4O3. The van der Waals surface area contributed by atoms with E-state index in [0.29, 0.717) is 18.7 Å². The normalized spacial score (nSPS) is 10.2. The Hall–Kier alpha value is -4.57. The smallest absolute Gasteiger partial charge is 0.303 e. The van der Waals surface area contributed by atoms with E-state index in [1.807, 2.05) is 68.4 Å². The molecule has 7 heteroatoms. The standard InChI is InChI=1S/C29H30N4O3/c1-20-18-26(33(27(34)14-15-28(35)36)19-22-7-4-3-5-8-22)21(2)17-24(20)9-6-16-32-25-12-10-23(11-13-25)29(30)31/h3-5,7-8,10-13,17-18,32H,14-16,19H2,1-2H3,(H3,30,31)(H,35,36). The molecule has 0 radical (unpaired) electrons. The molecule has 0 aromatic heterocycles. The topological polar surface area (TPSA) is 120 Å². The zero-order chi connectivity index (χ0) is 26.1. The van der Waals surface area contributed by atoms with E-state index < -0.39 is 5.97 Å². The Morgan fingerprint density at radius 1 is 1.00 bits per heavy atom. The number of nitrogens with zero attached hydrogens (tertiary/aromatic N) is 1. The molecule has 0 aliphatic rings. The number of nitrogen functional groups attached to an aromatic ring is 1. The zero-order valence-corrected chi connectivity index (χ0v) is 20.5. The third kappa shape index (κ3) is 7.21. The van der Waals surface area contributed by atoms with Gasteiger partial charge in [-0.2, -0.15) is 0 Å². The van der Waals surface area contributed by atoms with Crippen molar-refractivity contribution in [3.8, 4) is 11.8 Å². The molecule has 7 nitrogen and oxygen atoms in total. The van der Waals surface area contributed by atoms with Crippen molar-refractivity contribution in [2.75, 3.05) is 16.8 Å². The van der Waals surface area contributed by atoms with Crippen LogP contribution in [0.25, 0.3) is 0 Å². The van der Waals surface area contributed by atoms with Crippen LogP contribution < -0.4 is 16.0 Å². The van der Waals surface area contributed by atoms with Gasteiger partial charge in [0, 0.05) is 28.9 Å². The molecule has 0 unspecified atom stereocenters. The van der Waals surface area contributed by atoms with E-state index in [0.717, 1.165) is 33.6 Å². The van der Waals surface area contributed by atoms with E-state index in [9.17, 15) is 9.59 Å². The van der Waals surface area contributed by atoms with Gasteiger partial charge in [0.1, 0.15) is 5.84 Å². The fourth-order valence-corrected chi connectivity index (χ4v) is 3.70. The summed E-state index contributed by atoms with van der Waals surface area (Å²) in [7, 11) is 0. The number of aliphatic carboxylic acids is 1. The van der Waals surface area contributed by atoms with Gasteiger partial charge in [0.25, 0.3) is 0 Å². The summed E-state index contributed by atoms with van der Waals surface area (Å²) < 4.78 is 0. The van der Waals surface area contributed by atoms with Gasteiger partial charge < -0.3 is 21.1 Å². The summed E-state index contributed by atoms with van der Waals surface area (Å²) in [6, 6.07) is 20.8. The highest BCUT2D eigenvalue weighted by Gasteiger charge is 2.20. The summed E-state index contributed by atoms with van der Waals surface area (Å²) in [6.07, 6.45) is -0.280. The summed E-state index contributed by atoms with van der Waals surface area (Å²) in [5.74, 6) is 5.12. The minimum atomic E-state index is -0.995. The van der Waals surface area contributed by atoms with E-state index in [-0.39, 0.29) is 24.6 Å². The average molecular weight is 483 g/mol. The molecule has 0 aliphatic heterocycles. The highest BCUT2D eigenvalue weighted by atomic mass is 16.4. The highest BCUT2D eigenvalue weighted by Crippen LogP contribution is 2.27. The molecule has 0 aliphatic carbocycles. The second-order valence-electron chi connectivity index (χ2n) is 8.46. The minimum Gasteiger partial charge on any atom is -0.481 e. The molecule has 0 spiro atoms. The van der Waals surface area contributed by atoms with Crippen molar-refractivity contribution < 1.29 is 14.7 Å². The molecule has 0 saturated carbocycles. The van der Waals surface area contributed by atoms with E-state index in [1.54, 1.807) is 17.0 Å². The van der Waals surface area contributed by atoms with Crippen LogP contribution in [0.3, 0.4) is 0 Å². The highest BCUT2D eigenvalue weighted by molar-refractivity contribution is 5.96. The fraction of sp³-hybridized carbons (Fsp3) is 0.207. The Balaban J connectivity index is 1.77. The van der Waals surface area contributed by atoms with Crippen molar-refractivity contribution in [3.05, 3.63) is 94.5 Å². The number of hydrogen-bond acceptors (Lipinski definition) is 4. The summed E-state index contributed by atoms with van der Waals surface area (Å²) in [4.78, 5) is 25.7. The van der Waals surface area contributed by atoms with Gasteiger partial charge in [-0.1, -0.05) is 42.2 Å². The second kappa shape index (κ2) is 12.2. The van der Waals surface area contributed by atoms with Crippen molar-refractivity contribution in [3.63, 3.8) is 0 Å². The first-order chi connectivity index (χ1) is 17.2. The van der Waals surface area contributed by atoms with Crippen LogP contribution in [-0.2, 0) is 16.1 Å². The van der Waals surface area contributed by atoms with Crippen LogP contribution in [-0.4, -0.2) is 29.4 Å². The van der Waals surface area contributed by atoms with Crippen molar-refractivity contribution in [1.82, 2.24) is 0 Å². The van der Waals surface area contributed by atoms with Crippen LogP contribution in [0.4, 0.5) is 11.4 Å². The number of carbonyl (C=O) groups excluding carboxylic acids is 1. The van der Waals surface area contributed by atoms with E-state index in [4.69, 9.17) is 16.2 Å². The first-order valence-electron chi connectivity index (χ1n) is 11.6. The van der Waals surface area contributed by atoms with Crippen LogP contribution >= 0.6 is 0 Å². The molecule has 3 aromatic rings. The summed E-state index contributed by atoms with van der Waals surface area (Å²) in [5.41, 5.74) is 11.4. The molecule has 0 saturated heterocycles. The summed E-state index contributed by atoms with van der Waals surface area (Å²) in [6.45, 7) is 4.67. The zero-order valence-electron chi connectivity index (χ0n) is 20.5.